The number of carboxylic acid groups (broad SMARTS) is 1. The van der Waals surface area contributed by atoms with Crippen molar-refractivity contribution in [1.29, 1.82) is 0 Å². The maximum atomic E-state index is 12.4. The number of fused-ring (bicyclic) bond motifs is 3. The number of amides is 2. The lowest BCUT2D eigenvalue weighted by molar-refractivity contribution is -0.144. The van der Waals surface area contributed by atoms with Crippen molar-refractivity contribution >= 4 is 18.0 Å². The topological polar surface area (TPSA) is 99.2 Å². The lowest BCUT2D eigenvalue weighted by Gasteiger charge is -2.22. The molecule has 2 aromatic rings. The van der Waals surface area contributed by atoms with Crippen molar-refractivity contribution in [1.82, 2.24) is 15.1 Å². The van der Waals surface area contributed by atoms with E-state index in [9.17, 15) is 14.4 Å². The number of hydrogen-bond donors (Lipinski definition) is 2. The minimum absolute atomic E-state index is 0.0122. The molecule has 0 radical (unpaired) electrons. The van der Waals surface area contributed by atoms with Crippen LogP contribution in [0.3, 0.4) is 0 Å². The third kappa shape index (κ3) is 6.81. The number of likely N-dealkylation sites (N-methyl/N-ethyl adjacent to an activating group) is 1. The van der Waals surface area contributed by atoms with E-state index in [0.29, 0.717) is 32.5 Å². The fourth-order valence-corrected chi connectivity index (χ4v) is 4.18. The molecule has 1 aliphatic carbocycles. The van der Waals surface area contributed by atoms with E-state index in [1.165, 1.54) is 16.0 Å². The fraction of sp³-hybridized carbons (Fsp3) is 0.423. The van der Waals surface area contributed by atoms with E-state index in [1.807, 2.05) is 43.3 Å². The molecule has 0 aromatic heterocycles. The summed E-state index contributed by atoms with van der Waals surface area (Å²) in [5.41, 5.74) is 4.68. The number of benzene rings is 2. The minimum atomic E-state index is -1.02. The molecule has 0 unspecified atom stereocenters. The predicted octanol–water partition coefficient (Wildman–Crippen LogP) is 3.17. The molecule has 3 rings (SSSR count). The average molecular weight is 468 g/mol. The van der Waals surface area contributed by atoms with E-state index < -0.39 is 12.1 Å². The van der Waals surface area contributed by atoms with Crippen LogP contribution >= 0.6 is 0 Å². The van der Waals surface area contributed by atoms with Crippen molar-refractivity contribution in [3.63, 3.8) is 0 Å². The van der Waals surface area contributed by atoms with Crippen LogP contribution in [0, 0.1) is 0 Å². The number of nitrogens with zero attached hydrogens (tertiary/aromatic N) is 2. The third-order valence-electron chi connectivity index (χ3n) is 5.93. The van der Waals surface area contributed by atoms with E-state index in [-0.39, 0.29) is 31.4 Å². The van der Waals surface area contributed by atoms with Gasteiger partial charge < -0.3 is 25.0 Å². The zero-order valence-electron chi connectivity index (χ0n) is 19.8. The molecule has 0 saturated carbocycles. The maximum Gasteiger partial charge on any atom is 0.407 e. The number of nitrogens with one attached hydrogen (secondary N) is 1. The number of alkyl carbamates (subject to hydrolysis) is 1. The maximum absolute atomic E-state index is 12.4. The van der Waals surface area contributed by atoms with E-state index in [4.69, 9.17) is 9.84 Å². The Bertz CT molecular complexity index is 962. The molecule has 8 heteroatoms. The Morgan fingerprint density at radius 2 is 1.56 bits per heavy atom. The second-order valence-corrected chi connectivity index (χ2v) is 8.72. The van der Waals surface area contributed by atoms with Gasteiger partial charge in [0.05, 0.1) is 0 Å². The molecule has 2 N–H and O–H groups in total. The van der Waals surface area contributed by atoms with E-state index in [2.05, 4.69) is 29.6 Å². The molecule has 0 fully saturated rings. The van der Waals surface area contributed by atoms with Gasteiger partial charge >= 0.3 is 12.1 Å². The second-order valence-electron chi connectivity index (χ2n) is 8.72. The zero-order valence-corrected chi connectivity index (χ0v) is 19.8. The molecule has 0 bridgehead atoms. The van der Waals surface area contributed by atoms with Crippen LogP contribution in [-0.4, -0.2) is 79.8 Å². The number of hydrogen-bond acceptors (Lipinski definition) is 5. The van der Waals surface area contributed by atoms with Gasteiger partial charge in [0, 0.05) is 32.0 Å². The van der Waals surface area contributed by atoms with Crippen LogP contribution in [0.25, 0.3) is 11.1 Å². The minimum Gasteiger partial charge on any atom is -0.480 e. The number of carbonyl (C=O) groups is 3. The van der Waals surface area contributed by atoms with Gasteiger partial charge in [-0.05, 0) is 49.2 Å². The van der Waals surface area contributed by atoms with Crippen LogP contribution < -0.4 is 5.32 Å². The largest absolute Gasteiger partial charge is 0.480 e. The molecule has 2 amide bonds. The van der Waals surface area contributed by atoms with Gasteiger partial charge in [-0.25, -0.2) is 4.79 Å². The first-order valence-corrected chi connectivity index (χ1v) is 11.6. The highest BCUT2D eigenvalue weighted by atomic mass is 16.5. The van der Waals surface area contributed by atoms with E-state index >= 15 is 0 Å². The summed E-state index contributed by atoms with van der Waals surface area (Å²) in [5, 5.41) is 11.8. The lowest BCUT2D eigenvalue weighted by atomic mass is 9.98. The predicted molar refractivity (Wildman–Crippen MR) is 130 cm³/mol. The Labute approximate surface area is 200 Å². The molecular formula is C26H33N3O5. The van der Waals surface area contributed by atoms with Crippen molar-refractivity contribution in [2.45, 2.75) is 25.2 Å². The normalized spacial score (nSPS) is 12.2. The summed E-state index contributed by atoms with van der Waals surface area (Å²) >= 11 is 0. The summed E-state index contributed by atoms with van der Waals surface area (Å²) in [6, 6.07) is 16.4. The van der Waals surface area contributed by atoms with Crippen molar-refractivity contribution < 1.29 is 24.2 Å². The summed E-state index contributed by atoms with van der Waals surface area (Å²) in [6.07, 6.45) is 0.921. The highest BCUT2D eigenvalue weighted by Crippen LogP contribution is 2.44. The Hall–Kier alpha value is -3.39. The van der Waals surface area contributed by atoms with Gasteiger partial charge in [-0.15, -0.1) is 0 Å². The van der Waals surface area contributed by atoms with E-state index in [1.54, 1.807) is 0 Å². The van der Waals surface area contributed by atoms with Crippen LogP contribution in [0.5, 0.6) is 0 Å². The van der Waals surface area contributed by atoms with Crippen LogP contribution in [0.15, 0.2) is 48.5 Å². The molecule has 0 spiro atoms. The van der Waals surface area contributed by atoms with Crippen molar-refractivity contribution in [2.24, 2.45) is 0 Å². The zero-order chi connectivity index (χ0) is 24.5. The standard InChI is InChI=1S/C26H33N3O5/c1-28(2)15-16-29(17-25(31)32)24(30)13-7-8-14-27-26(33)34-18-23-21-11-5-3-9-19(21)20-10-4-6-12-22(20)23/h3-6,9-12,23H,7-8,13-18H2,1-2H3,(H,27,33)(H,31,32). The number of unbranched alkanes of at least 4 members (excludes halogenated alkanes) is 1. The summed E-state index contributed by atoms with van der Waals surface area (Å²) in [4.78, 5) is 38.9. The first-order chi connectivity index (χ1) is 16.4. The lowest BCUT2D eigenvalue weighted by Crippen LogP contribution is -2.40. The number of rotatable bonds is 12. The summed E-state index contributed by atoms with van der Waals surface area (Å²) in [6.45, 7) is 1.32. The molecule has 8 nitrogen and oxygen atoms in total. The number of aliphatic carboxylic acids is 1. The monoisotopic (exact) mass is 467 g/mol. The van der Waals surface area contributed by atoms with Gasteiger partial charge in [0.25, 0.3) is 0 Å². The Kier molecular flexibility index (Phi) is 9.04. The molecule has 0 saturated heterocycles. The van der Waals surface area contributed by atoms with Gasteiger partial charge in [0.2, 0.25) is 5.91 Å². The molecule has 34 heavy (non-hydrogen) atoms. The molecule has 1 aliphatic rings. The van der Waals surface area contributed by atoms with Gasteiger partial charge in [-0.1, -0.05) is 48.5 Å². The smallest absolute Gasteiger partial charge is 0.407 e. The summed E-state index contributed by atoms with van der Waals surface area (Å²) in [5.74, 6) is -1.20. The van der Waals surface area contributed by atoms with Gasteiger partial charge in [-0.3, -0.25) is 9.59 Å². The summed E-state index contributed by atoms with van der Waals surface area (Å²) < 4.78 is 5.51. The van der Waals surface area contributed by atoms with Crippen LogP contribution in [0.1, 0.15) is 36.3 Å². The SMILES string of the molecule is CN(C)CCN(CC(=O)O)C(=O)CCCCNC(=O)OCC1c2ccccc2-c2ccccc21. The Balaban J connectivity index is 1.39. The molecule has 2 aromatic carbocycles. The van der Waals surface area contributed by atoms with Crippen molar-refractivity contribution in [3.05, 3.63) is 59.7 Å². The van der Waals surface area contributed by atoms with Crippen LogP contribution in [0.2, 0.25) is 0 Å². The van der Waals surface area contributed by atoms with E-state index in [0.717, 1.165) is 11.1 Å². The molecule has 0 atom stereocenters. The van der Waals surface area contributed by atoms with Gasteiger partial charge in [0.15, 0.2) is 0 Å². The van der Waals surface area contributed by atoms with Crippen LogP contribution in [-0.2, 0) is 14.3 Å². The Morgan fingerprint density at radius 3 is 2.15 bits per heavy atom. The highest BCUT2D eigenvalue weighted by molar-refractivity contribution is 5.81. The van der Waals surface area contributed by atoms with Crippen LogP contribution in [0.4, 0.5) is 4.79 Å². The number of carboxylic acids is 1. The first-order valence-electron chi connectivity index (χ1n) is 11.6. The van der Waals surface area contributed by atoms with Gasteiger partial charge in [0.1, 0.15) is 13.2 Å². The number of ether oxygens (including phenoxy) is 1. The first kappa shape index (κ1) is 25.2. The number of carbonyl (C=O) groups excluding carboxylic acids is 2. The fourth-order valence-electron chi connectivity index (χ4n) is 4.18. The van der Waals surface area contributed by atoms with Crippen molar-refractivity contribution in [3.8, 4) is 11.1 Å². The Morgan fingerprint density at radius 1 is 0.941 bits per heavy atom. The molecule has 182 valence electrons. The van der Waals surface area contributed by atoms with Gasteiger partial charge in [-0.2, -0.15) is 0 Å². The molecule has 0 aliphatic heterocycles. The second kappa shape index (κ2) is 12.2. The molecular weight excluding hydrogens is 434 g/mol. The average Bonchev–Trinajstić information content (AvgIpc) is 3.13. The highest BCUT2D eigenvalue weighted by Gasteiger charge is 2.28. The third-order valence-corrected chi connectivity index (χ3v) is 5.93. The quantitative estimate of drug-likeness (QED) is 0.465. The molecule has 0 heterocycles. The van der Waals surface area contributed by atoms with Crippen molar-refractivity contribution in [2.75, 3.05) is 46.9 Å². The summed E-state index contributed by atoms with van der Waals surface area (Å²) in [7, 11) is 3.75.